The van der Waals surface area contributed by atoms with E-state index in [0.717, 1.165) is 34.1 Å². The fourth-order valence-corrected chi connectivity index (χ4v) is 4.49. The Labute approximate surface area is 248 Å². The summed E-state index contributed by atoms with van der Waals surface area (Å²) in [5.74, 6) is 7.23. The first-order valence-electron chi connectivity index (χ1n) is 13.6. The lowest BCUT2D eigenvalue weighted by molar-refractivity contribution is -0.148. The maximum Gasteiger partial charge on any atom is 0.409 e. The van der Waals surface area contributed by atoms with E-state index in [-0.39, 0.29) is 11.4 Å². The molecule has 0 saturated carbocycles. The number of hydrogen-bond donors (Lipinski definition) is 2. The third-order valence-electron chi connectivity index (χ3n) is 6.50. The number of anilines is 1. The molecule has 7 nitrogen and oxygen atoms in total. The van der Waals surface area contributed by atoms with Crippen LogP contribution in [0.1, 0.15) is 45.7 Å². The van der Waals surface area contributed by atoms with Gasteiger partial charge in [-0.3, -0.25) is 20.0 Å². The highest BCUT2D eigenvalue weighted by Gasteiger charge is 2.44. The molecule has 1 aromatic carbocycles. The molecule has 0 radical (unpaired) electrons. The zero-order valence-electron chi connectivity index (χ0n) is 26.1. The molecular weight excluding hydrogens is 539 g/mol. The number of rotatable bonds is 10. The first-order valence-corrected chi connectivity index (χ1v) is 13.6. The Morgan fingerprint density at radius 2 is 1.83 bits per heavy atom. The van der Waals surface area contributed by atoms with Gasteiger partial charge >= 0.3 is 6.18 Å². The Kier molecular flexibility index (Phi) is 12.1. The topological polar surface area (TPSA) is 72.5 Å². The first-order chi connectivity index (χ1) is 19.7. The van der Waals surface area contributed by atoms with E-state index < -0.39 is 12.2 Å². The van der Waals surface area contributed by atoms with E-state index in [1.807, 2.05) is 84.0 Å². The summed E-state index contributed by atoms with van der Waals surface area (Å²) < 4.78 is 42.1. The predicted molar refractivity (Wildman–Crippen MR) is 170 cm³/mol. The van der Waals surface area contributed by atoms with Crippen LogP contribution in [-0.4, -0.2) is 54.8 Å². The summed E-state index contributed by atoms with van der Waals surface area (Å²) in [7, 11) is 5.41. The minimum atomic E-state index is -4.54. The molecule has 3 N–H and O–H groups in total. The maximum atomic E-state index is 14.0. The molecule has 0 fully saturated rings. The van der Waals surface area contributed by atoms with E-state index in [1.165, 1.54) is 10.0 Å². The van der Waals surface area contributed by atoms with Gasteiger partial charge in [0.05, 0.1) is 22.8 Å². The molecular formula is C32H44F3N7. The monoisotopic (exact) mass is 583 g/mol. The molecule has 1 aliphatic rings. The Hall–Kier alpha value is -3.89. The van der Waals surface area contributed by atoms with Crippen molar-refractivity contribution >= 4 is 17.2 Å². The summed E-state index contributed by atoms with van der Waals surface area (Å²) in [4.78, 5) is 10.6. The lowest BCUT2D eigenvalue weighted by atomic mass is 10.0. The van der Waals surface area contributed by atoms with E-state index in [2.05, 4.69) is 22.0 Å². The van der Waals surface area contributed by atoms with Crippen molar-refractivity contribution in [3.8, 4) is 0 Å². The third kappa shape index (κ3) is 8.56. The number of alkyl halides is 3. The lowest BCUT2D eigenvalue weighted by Gasteiger charge is -2.31. The van der Waals surface area contributed by atoms with Crippen molar-refractivity contribution in [1.29, 1.82) is 0 Å². The Morgan fingerprint density at radius 3 is 2.33 bits per heavy atom. The van der Waals surface area contributed by atoms with Crippen LogP contribution in [0.2, 0.25) is 0 Å². The van der Waals surface area contributed by atoms with E-state index in [4.69, 9.17) is 5.84 Å². The second-order valence-corrected chi connectivity index (χ2v) is 10.4. The number of allylic oxidation sites excluding steroid dienone is 4. The van der Waals surface area contributed by atoms with Crippen molar-refractivity contribution < 1.29 is 13.2 Å². The molecule has 228 valence electrons. The van der Waals surface area contributed by atoms with Gasteiger partial charge in [-0.15, -0.1) is 0 Å². The molecule has 0 bridgehead atoms. The summed E-state index contributed by atoms with van der Waals surface area (Å²) in [6.07, 6.45) is 6.15. The molecule has 1 atom stereocenters. The van der Waals surface area contributed by atoms with Gasteiger partial charge in [0.1, 0.15) is 11.9 Å². The van der Waals surface area contributed by atoms with E-state index in [9.17, 15) is 13.2 Å². The summed E-state index contributed by atoms with van der Waals surface area (Å²) in [6.45, 7) is 15.6. The van der Waals surface area contributed by atoms with Crippen LogP contribution in [0.3, 0.4) is 0 Å². The fraction of sp³-hybridized carbons (Fsp3) is 0.375. The molecule has 42 heavy (non-hydrogen) atoms. The molecule has 0 aromatic heterocycles. The lowest BCUT2D eigenvalue weighted by Crippen LogP contribution is -2.45. The number of hydrogen-bond acceptors (Lipinski definition) is 6. The van der Waals surface area contributed by atoms with Crippen LogP contribution in [0.4, 0.5) is 18.9 Å². The van der Waals surface area contributed by atoms with Gasteiger partial charge in [0.15, 0.2) is 0 Å². The molecule has 1 aliphatic heterocycles. The molecule has 1 aromatic rings. The van der Waals surface area contributed by atoms with E-state index in [0.29, 0.717) is 23.6 Å². The van der Waals surface area contributed by atoms with Gasteiger partial charge in [0.2, 0.25) is 0 Å². The molecule has 0 spiro atoms. The summed E-state index contributed by atoms with van der Waals surface area (Å²) in [5.41, 5.74) is 8.66. The summed E-state index contributed by atoms with van der Waals surface area (Å²) in [6, 6.07) is 3.84. The number of benzene rings is 1. The summed E-state index contributed by atoms with van der Waals surface area (Å²) in [5, 5.41) is 2.71. The standard InChI is InChI=1S/C32H44F3N7/c1-11-13-26(19-27(21(3)4)31(37-8)40(9)10)42-29(20-30(39-42)32(33,34)35)24(7)41(36)28-15-14-25(17-22(28)5)18-23(6)38-16-12-2/h11-17,19-20,30,39H,7,18,36H2,1-6,8-10H3/b13-11-,16-12-,26-19+,37-31+,38-23-. The minimum Gasteiger partial charge on any atom is -0.363 e. The molecule has 0 amide bonds. The summed E-state index contributed by atoms with van der Waals surface area (Å²) >= 11 is 0. The van der Waals surface area contributed by atoms with Gasteiger partial charge in [-0.1, -0.05) is 36.4 Å². The van der Waals surface area contributed by atoms with Crippen LogP contribution in [-0.2, 0) is 6.42 Å². The van der Waals surface area contributed by atoms with Crippen molar-refractivity contribution in [2.75, 3.05) is 26.2 Å². The second-order valence-electron chi connectivity index (χ2n) is 10.4. The van der Waals surface area contributed by atoms with Crippen LogP contribution in [0.5, 0.6) is 0 Å². The average Bonchev–Trinajstić information content (AvgIpc) is 3.36. The molecule has 2 rings (SSSR count). The van der Waals surface area contributed by atoms with E-state index in [1.54, 1.807) is 32.3 Å². The predicted octanol–water partition coefficient (Wildman–Crippen LogP) is 6.75. The highest BCUT2D eigenvalue weighted by Crippen LogP contribution is 2.35. The minimum absolute atomic E-state index is 0.190. The zero-order chi connectivity index (χ0) is 31.8. The van der Waals surface area contributed by atoms with E-state index >= 15 is 0 Å². The Bertz CT molecular complexity index is 1350. The molecule has 10 heteroatoms. The van der Waals surface area contributed by atoms with Crippen LogP contribution in [0, 0.1) is 6.92 Å². The largest absolute Gasteiger partial charge is 0.409 e. The third-order valence-corrected chi connectivity index (χ3v) is 6.50. The second kappa shape index (κ2) is 14.8. The van der Waals surface area contributed by atoms with Crippen molar-refractivity contribution in [1.82, 2.24) is 15.3 Å². The zero-order valence-corrected chi connectivity index (χ0v) is 26.1. The number of nitrogens with zero attached hydrogens (tertiary/aromatic N) is 5. The molecule has 1 heterocycles. The van der Waals surface area contributed by atoms with Crippen LogP contribution < -0.4 is 16.3 Å². The number of amidine groups is 1. The first kappa shape index (κ1) is 34.3. The van der Waals surface area contributed by atoms with Crippen molar-refractivity contribution in [2.24, 2.45) is 15.8 Å². The molecule has 0 saturated heterocycles. The number of nitrogens with one attached hydrogen (secondary N) is 1. The van der Waals surface area contributed by atoms with Crippen LogP contribution in [0.15, 0.2) is 99.6 Å². The number of halogens is 3. The number of aliphatic imine (C=N–C) groups is 2. The quantitative estimate of drug-likeness (QED) is 0.105. The maximum absolute atomic E-state index is 14.0. The smallest absolute Gasteiger partial charge is 0.363 e. The normalized spacial score (nSPS) is 16.9. The Morgan fingerprint density at radius 1 is 1.17 bits per heavy atom. The van der Waals surface area contributed by atoms with Crippen molar-refractivity contribution in [3.63, 3.8) is 0 Å². The number of hydrazine groups is 2. The number of aryl methyl sites for hydroxylation is 1. The van der Waals surface area contributed by atoms with Gasteiger partial charge < -0.3 is 4.90 Å². The fourth-order valence-electron chi connectivity index (χ4n) is 4.49. The highest BCUT2D eigenvalue weighted by molar-refractivity contribution is 6.01. The van der Waals surface area contributed by atoms with Gasteiger partial charge in [0, 0.05) is 45.0 Å². The van der Waals surface area contributed by atoms with Crippen LogP contribution >= 0.6 is 0 Å². The van der Waals surface area contributed by atoms with Gasteiger partial charge in [-0.2, -0.15) is 13.2 Å². The van der Waals surface area contributed by atoms with Gasteiger partial charge in [-0.05, 0) is 77.0 Å². The van der Waals surface area contributed by atoms with Crippen molar-refractivity contribution in [2.45, 2.75) is 60.2 Å². The van der Waals surface area contributed by atoms with Gasteiger partial charge in [-0.25, -0.2) is 11.3 Å². The highest BCUT2D eigenvalue weighted by atomic mass is 19.4. The SMILES string of the molecule is C=C(C1=CC(C(F)(F)F)NN1C(/C=C\C)=C/C(=C(C)C)/C(=N\C)N(C)C)N(N)c1ccc(C/C(C)=N\C=C/C)cc1C. The van der Waals surface area contributed by atoms with Gasteiger partial charge in [0.25, 0.3) is 0 Å². The average molecular weight is 584 g/mol. The molecule has 0 aliphatic carbocycles. The number of likely N-dealkylation sites (N-methyl/N-ethyl adjacent to an activating group) is 1. The Balaban J connectivity index is 2.58. The molecule has 1 unspecified atom stereocenters. The van der Waals surface area contributed by atoms with Crippen molar-refractivity contribution in [3.05, 3.63) is 101 Å². The van der Waals surface area contributed by atoms with Crippen LogP contribution in [0.25, 0.3) is 0 Å². The number of nitrogens with two attached hydrogens (primary N) is 1.